The van der Waals surface area contributed by atoms with Crippen molar-refractivity contribution in [2.24, 2.45) is 5.92 Å². The first-order valence-electron chi connectivity index (χ1n) is 9.11. The van der Waals surface area contributed by atoms with Gasteiger partial charge in [0.05, 0.1) is 24.7 Å². The van der Waals surface area contributed by atoms with Crippen LogP contribution >= 0.6 is 0 Å². The summed E-state index contributed by atoms with van der Waals surface area (Å²) in [5.74, 6) is -1.33. The van der Waals surface area contributed by atoms with Gasteiger partial charge in [0.1, 0.15) is 5.75 Å². The van der Waals surface area contributed by atoms with E-state index in [0.717, 1.165) is 5.56 Å². The second-order valence-corrected chi connectivity index (χ2v) is 6.62. The number of aliphatic hydroxyl groups is 1. The summed E-state index contributed by atoms with van der Waals surface area (Å²) in [4.78, 5) is 34.7. The van der Waals surface area contributed by atoms with Crippen LogP contribution in [-0.4, -0.2) is 46.8 Å². The zero-order valence-corrected chi connectivity index (χ0v) is 16.3. The maximum atomic E-state index is 12.4. The van der Waals surface area contributed by atoms with Gasteiger partial charge in [-0.15, -0.1) is 0 Å². The molecule has 0 radical (unpaired) electrons. The Hall–Kier alpha value is -3.50. The average Bonchev–Trinajstić information content (AvgIpc) is 2.77. The normalized spacial score (nSPS) is 12.5. The number of methoxy groups -OCH3 is 1. The summed E-state index contributed by atoms with van der Waals surface area (Å²) in [7, 11) is 1.52. The smallest absolute Gasteiger partial charge is 0.269 e. The van der Waals surface area contributed by atoms with Gasteiger partial charge in [0.2, 0.25) is 5.91 Å². The largest absolute Gasteiger partial charge is 0.497 e. The highest BCUT2D eigenvalue weighted by molar-refractivity contribution is 5.94. The monoisotopic (exact) mass is 417 g/mol. The Balaban J connectivity index is 2.09. The van der Waals surface area contributed by atoms with Gasteiger partial charge in [-0.05, 0) is 42.7 Å². The van der Waals surface area contributed by atoms with E-state index in [9.17, 15) is 24.8 Å². The van der Waals surface area contributed by atoms with Crippen molar-refractivity contribution in [1.29, 1.82) is 0 Å². The van der Waals surface area contributed by atoms with Crippen LogP contribution in [0.5, 0.6) is 5.75 Å². The summed E-state index contributed by atoms with van der Waals surface area (Å²) < 4.78 is 5.16. The number of nitro groups is 1. The third kappa shape index (κ3) is 6.26. The molecule has 10 heteroatoms. The Morgan fingerprint density at radius 1 is 1.20 bits per heavy atom. The van der Waals surface area contributed by atoms with Crippen LogP contribution in [0.4, 0.5) is 5.69 Å². The lowest BCUT2D eigenvalue weighted by Crippen LogP contribution is -2.42. The number of aliphatic hydroxyl groups excluding tert-OH is 1. The Morgan fingerprint density at radius 3 is 2.47 bits per heavy atom. The van der Waals surface area contributed by atoms with Crippen LogP contribution in [0.15, 0.2) is 48.5 Å². The summed E-state index contributed by atoms with van der Waals surface area (Å²) in [6.45, 7) is -0.438. The Kier molecular flexibility index (Phi) is 8.27. The van der Waals surface area contributed by atoms with Crippen LogP contribution in [0.1, 0.15) is 22.3 Å². The van der Waals surface area contributed by atoms with Gasteiger partial charge < -0.3 is 15.2 Å². The fourth-order valence-corrected chi connectivity index (χ4v) is 2.98. The predicted octanol–water partition coefficient (Wildman–Crippen LogP) is 1.45. The highest BCUT2D eigenvalue weighted by Crippen LogP contribution is 2.20. The summed E-state index contributed by atoms with van der Waals surface area (Å²) in [5, 5.41) is 32.1. The van der Waals surface area contributed by atoms with Gasteiger partial charge >= 0.3 is 0 Å². The first-order chi connectivity index (χ1) is 14.4. The number of rotatable bonds is 10. The molecule has 0 aliphatic rings. The fourth-order valence-electron chi connectivity index (χ4n) is 2.98. The summed E-state index contributed by atoms with van der Waals surface area (Å²) >= 11 is 0. The molecule has 30 heavy (non-hydrogen) atoms. The van der Waals surface area contributed by atoms with Gasteiger partial charge in [-0.3, -0.25) is 24.9 Å². The lowest BCUT2D eigenvalue weighted by molar-refractivity contribution is -0.384. The first kappa shape index (κ1) is 22.8. The van der Waals surface area contributed by atoms with E-state index in [1.165, 1.54) is 31.4 Å². The topological polar surface area (TPSA) is 151 Å². The van der Waals surface area contributed by atoms with E-state index < -0.39 is 35.3 Å². The lowest BCUT2D eigenvalue weighted by Gasteiger charge is -2.22. The summed E-state index contributed by atoms with van der Waals surface area (Å²) in [6, 6.07) is 11.3. The number of ether oxygens (including phenoxy) is 1. The SMILES string of the molecule is COc1cccc(CC(CC(CO)NC(=O)c2ccc([N+](=O)[O-])cc2)C(=O)NO)c1. The molecule has 0 aliphatic heterocycles. The number of nitrogens with one attached hydrogen (secondary N) is 2. The van der Waals surface area contributed by atoms with Crippen molar-refractivity contribution in [2.75, 3.05) is 13.7 Å². The lowest BCUT2D eigenvalue weighted by atomic mass is 9.92. The van der Waals surface area contributed by atoms with Crippen molar-refractivity contribution in [2.45, 2.75) is 18.9 Å². The van der Waals surface area contributed by atoms with E-state index in [1.54, 1.807) is 29.7 Å². The molecular weight excluding hydrogens is 394 g/mol. The average molecular weight is 417 g/mol. The molecule has 2 atom stereocenters. The summed E-state index contributed by atoms with van der Waals surface area (Å²) in [5.41, 5.74) is 2.42. The molecular formula is C20H23N3O7. The quantitative estimate of drug-likeness (QED) is 0.259. The molecule has 0 aliphatic carbocycles. The fraction of sp³-hybridized carbons (Fsp3) is 0.300. The van der Waals surface area contributed by atoms with Gasteiger partial charge in [0.15, 0.2) is 0 Å². The molecule has 0 saturated carbocycles. The van der Waals surface area contributed by atoms with Crippen molar-refractivity contribution < 1.29 is 29.6 Å². The van der Waals surface area contributed by atoms with Gasteiger partial charge in [0, 0.05) is 23.6 Å². The zero-order valence-electron chi connectivity index (χ0n) is 16.3. The molecule has 0 heterocycles. The van der Waals surface area contributed by atoms with Crippen LogP contribution in [-0.2, 0) is 11.2 Å². The van der Waals surface area contributed by atoms with Crippen LogP contribution in [0.3, 0.4) is 0 Å². The number of benzene rings is 2. The molecule has 2 rings (SSSR count). The van der Waals surface area contributed by atoms with Gasteiger partial charge in [-0.2, -0.15) is 0 Å². The zero-order chi connectivity index (χ0) is 22.1. The van der Waals surface area contributed by atoms with Crippen LogP contribution in [0, 0.1) is 16.0 Å². The van der Waals surface area contributed by atoms with E-state index in [0.29, 0.717) is 5.75 Å². The van der Waals surface area contributed by atoms with Crippen molar-refractivity contribution in [1.82, 2.24) is 10.8 Å². The molecule has 0 aromatic heterocycles. The van der Waals surface area contributed by atoms with Crippen LogP contribution in [0.25, 0.3) is 0 Å². The third-order valence-corrected chi connectivity index (χ3v) is 4.56. The Bertz CT molecular complexity index is 886. The van der Waals surface area contributed by atoms with Crippen LogP contribution < -0.4 is 15.5 Å². The first-order valence-corrected chi connectivity index (χ1v) is 9.11. The highest BCUT2D eigenvalue weighted by Gasteiger charge is 2.25. The molecule has 2 unspecified atom stereocenters. The number of nitrogens with zero attached hydrogens (tertiary/aromatic N) is 1. The number of amides is 2. The van der Waals surface area contributed by atoms with E-state index in [2.05, 4.69) is 5.32 Å². The maximum absolute atomic E-state index is 12.4. The standard InChI is InChI=1S/C20H23N3O7/c1-30-18-4-2-3-13(10-18)9-15(20(26)22-27)11-16(12-24)21-19(25)14-5-7-17(8-6-14)23(28)29/h2-8,10,15-16,24,27H,9,11-12H2,1H3,(H,21,25)(H,22,26). The Morgan fingerprint density at radius 2 is 1.90 bits per heavy atom. The van der Waals surface area contributed by atoms with E-state index in [-0.39, 0.29) is 24.1 Å². The molecule has 10 nitrogen and oxygen atoms in total. The molecule has 0 saturated heterocycles. The van der Waals surface area contributed by atoms with Gasteiger partial charge in [-0.25, -0.2) is 5.48 Å². The predicted molar refractivity (Wildman–Crippen MR) is 106 cm³/mol. The number of hydrogen-bond donors (Lipinski definition) is 4. The van der Waals surface area contributed by atoms with Crippen molar-refractivity contribution in [3.63, 3.8) is 0 Å². The van der Waals surface area contributed by atoms with E-state index >= 15 is 0 Å². The van der Waals surface area contributed by atoms with Gasteiger partial charge in [0.25, 0.3) is 11.6 Å². The number of non-ortho nitro benzene ring substituents is 1. The minimum atomic E-state index is -0.777. The summed E-state index contributed by atoms with van der Waals surface area (Å²) in [6.07, 6.45) is 0.298. The molecule has 0 fully saturated rings. The van der Waals surface area contributed by atoms with E-state index in [4.69, 9.17) is 9.94 Å². The number of hydroxylamine groups is 1. The third-order valence-electron chi connectivity index (χ3n) is 4.56. The highest BCUT2D eigenvalue weighted by atomic mass is 16.6. The molecule has 0 spiro atoms. The Labute approximate surface area is 172 Å². The minimum Gasteiger partial charge on any atom is -0.497 e. The molecule has 2 amide bonds. The minimum absolute atomic E-state index is 0.0544. The van der Waals surface area contributed by atoms with E-state index in [1.807, 2.05) is 0 Å². The maximum Gasteiger partial charge on any atom is 0.269 e. The van der Waals surface area contributed by atoms with Crippen molar-refractivity contribution >= 4 is 17.5 Å². The van der Waals surface area contributed by atoms with Crippen molar-refractivity contribution in [3.8, 4) is 5.75 Å². The number of nitro benzene ring substituents is 1. The van der Waals surface area contributed by atoms with Gasteiger partial charge in [-0.1, -0.05) is 12.1 Å². The molecule has 2 aromatic rings. The number of carbonyl (C=O) groups is 2. The molecule has 4 N–H and O–H groups in total. The molecule has 2 aromatic carbocycles. The second-order valence-electron chi connectivity index (χ2n) is 6.62. The van der Waals surface area contributed by atoms with Crippen molar-refractivity contribution in [3.05, 3.63) is 69.8 Å². The molecule has 160 valence electrons. The van der Waals surface area contributed by atoms with Crippen LogP contribution in [0.2, 0.25) is 0 Å². The number of hydrogen-bond acceptors (Lipinski definition) is 7. The second kappa shape index (κ2) is 10.9. The molecule has 0 bridgehead atoms. The number of carbonyl (C=O) groups excluding carboxylic acids is 2.